The van der Waals surface area contributed by atoms with E-state index in [1.807, 2.05) is 36.4 Å². The van der Waals surface area contributed by atoms with Crippen LogP contribution in [-0.2, 0) is 0 Å². The maximum atomic E-state index is 5.40. The fourth-order valence-electron chi connectivity index (χ4n) is 15.1. The number of para-hydroxylation sites is 4. The number of rotatable bonds is 10. The van der Waals surface area contributed by atoms with Crippen LogP contribution in [0.3, 0.4) is 0 Å². The smallest absolute Gasteiger partial charge is 0.164 e. The number of aromatic nitrogens is 8. The molecule has 4 aromatic heterocycles. The van der Waals surface area contributed by atoms with Gasteiger partial charge in [-0.15, -0.1) is 0 Å². The van der Waals surface area contributed by atoms with Gasteiger partial charge in [0.05, 0.1) is 22.1 Å². The van der Waals surface area contributed by atoms with Crippen molar-refractivity contribution in [2.45, 2.75) is 11.8 Å². The lowest BCUT2D eigenvalue weighted by molar-refractivity contribution is 0.754. The van der Waals surface area contributed by atoms with Crippen LogP contribution in [0.1, 0.15) is 45.2 Å². The molecule has 438 valence electrons. The van der Waals surface area contributed by atoms with Crippen LogP contribution in [0.2, 0.25) is 0 Å². The van der Waals surface area contributed by atoms with Crippen molar-refractivity contribution < 1.29 is 0 Å². The van der Waals surface area contributed by atoms with Gasteiger partial charge >= 0.3 is 0 Å². The lowest BCUT2D eigenvalue weighted by atomic mass is 9.61. The number of benzene rings is 13. The van der Waals surface area contributed by atoms with Gasteiger partial charge in [0.15, 0.2) is 34.9 Å². The van der Waals surface area contributed by atoms with E-state index in [9.17, 15) is 0 Å². The molecule has 0 amide bonds. The zero-order valence-electron chi connectivity index (χ0n) is 50.8. The van der Waals surface area contributed by atoms with Crippen LogP contribution in [0.25, 0.3) is 146 Å². The van der Waals surface area contributed by atoms with Crippen molar-refractivity contribution in [3.05, 3.63) is 349 Å². The molecule has 17 aromatic rings. The molecule has 8 heteroatoms. The van der Waals surface area contributed by atoms with Crippen molar-refractivity contribution in [1.82, 2.24) is 39.0 Å². The van der Waals surface area contributed by atoms with Crippen LogP contribution in [0.4, 0.5) is 0 Å². The highest BCUT2D eigenvalue weighted by atomic mass is 15.0. The SMILES string of the molecule is c1ccc(-c2nc(-c3cccc(-c4cccc5c4c4ccccc4n5-c4ccccc4)c3)nc(-c3ccc4c(c3)C3c5ccccc5C4c4cc(-c5nc(-c6ccccc6)nc(-c6cccc(-c7cccc8c7c7ccccc7n8-c7ccccc7)c6)n5)ccc43)n2)cc1. The lowest BCUT2D eigenvalue weighted by Crippen LogP contribution is -2.27. The van der Waals surface area contributed by atoms with Crippen molar-refractivity contribution in [3.8, 4) is 102 Å². The summed E-state index contributed by atoms with van der Waals surface area (Å²) in [5.74, 6) is 3.62. The summed E-state index contributed by atoms with van der Waals surface area (Å²) >= 11 is 0. The van der Waals surface area contributed by atoms with Crippen molar-refractivity contribution in [2.24, 2.45) is 0 Å². The standard InChI is InChI=1S/C86H54N8/c1-5-23-53(24-6-1)81-87-83(57-29-19-27-55(49-57)63-39-21-43-75-79(63)69-37-15-17-41-73(69)93(75)61-31-9-3-10-32-61)91-85(89-81)59-45-47-67-71(51-59)77-65-35-13-14-36-66(65)78(67)72-52-60(46-48-68(72)77)86-90-82(54-25-7-2-8-26-54)88-84(92-86)58-30-20-28-56(50-58)64-40-22-44-76-80(64)70-38-16-18-42-74(70)94(76)62-33-11-4-12-34-62/h1-52,77-78H. The molecule has 0 saturated heterocycles. The molecule has 2 bridgehead atoms. The molecule has 3 aliphatic rings. The molecule has 94 heavy (non-hydrogen) atoms. The summed E-state index contributed by atoms with van der Waals surface area (Å²) in [5.41, 5.74) is 24.5. The molecule has 20 rings (SSSR count). The van der Waals surface area contributed by atoms with Gasteiger partial charge in [-0.1, -0.05) is 243 Å². The van der Waals surface area contributed by atoms with Crippen LogP contribution < -0.4 is 0 Å². The quantitative estimate of drug-likeness (QED) is 0.136. The van der Waals surface area contributed by atoms with Crippen molar-refractivity contribution in [3.63, 3.8) is 0 Å². The fraction of sp³-hybridized carbons (Fsp3) is 0.0233. The number of hydrogen-bond donors (Lipinski definition) is 0. The second-order valence-electron chi connectivity index (χ2n) is 24.5. The maximum Gasteiger partial charge on any atom is 0.164 e. The number of nitrogens with zero attached hydrogens (tertiary/aromatic N) is 8. The molecule has 2 unspecified atom stereocenters. The Balaban J connectivity index is 0.708. The average Bonchev–Trinajstić information content (AvgIpc) is 0.980. The summed E-state index contributed by atoms with van der Waals surface area (Å²) in [7, 11) is 0. The third-order valence-electron chi connectivity index (χ3n) is 19.2. The summed E-state index contributed by atoms with van der Waals surface area (Å²) in [4.78, 5) is 31.9. The Hall–Kier alpha value is -12.5. The Kier molecular flexibility index (Phi) is 12.2. The van der Waals surface area contributed by atoms with E-state index in [0.29, 0.717) is 34.9 Å². The first-order valence-corrected chi connectivity index (χ1v) is 32.0. The first kappa shape index (κ1) is 53.3. The van der Waals surface area contributed by atoms with Gasteiger partial charge in [-0.25, -0.2) is 29.9 Å². The van der Waals surface area contributed by atoms with Crippen LogP contribution in [0.15, 0.2) is 315 Å². The summed E-state index contributed by atoms with van der Waals surface area (Å²) in [6.07, 6.45) is 0. The predicted molar refractivity (Wildman–Crippen MR) is 380 cm³/mol. The first-order chi connectivity index (χ1) is 46.6. The van der Waals surface area contributed by atoms with E-state index in [0.717, 1.165) is 89.1 Å². The topological polar surface area (TPSA) is 87.2 Å². The molecule has 0 radical (unpaired) electrons. The average molecular weight is 1200 g/mol. The molecule has 0 saturated carbocycles. The molecule has 0 aliphatic heterocycles. The second kappa shape index (κ2) is 21.6. The number of hydrogen-bond acceptors (Lipinski definition) is 6. The van der Waals surface area contributed by atoms with E-state index < -0.39 is 0 Å². The molecule has 0 N–H and O–H groups in total. The highest BCUT2D eigenvalue weighted by Gasteiger charge is 2.42. The van der Waals surface area contributed by atoms with Crippen LogP contribution in [0, 0.1) is 0 Å². The van der Waals surface area contributed by atoms with Crippen molar-refractivity contribution in [2.75, 3.05) is 0 Å². The van der Waals surface area contributed by atoms with Gasteiger partial charge in [-0.05, 0) is 128 Å². The molecule has 3 aliphatic carbocycles. The predicted octanol–water partition coefficient (Wildman–Crippen LogP) is 20.6. The van der Waals surface area contributed by atoms with E-state index >= 15 is 0 Å². The Morgan fingerprint density at radius 3 is 0.915 bits per heavy atom. The molecule has 8 nitrogen and oxygen atoms in total. The van der Waals surface area contributed by atoms with Gasteiger partial charge in [-0.3, -0.25) is 0 Å². The Bertz CT molecular complexity index is 5520. The third-order valence-corrected chi connectivity index (χ3v) is 19.2. The highest BCUT2D eigenvalue weighted by molar-refractivity contribution is 6.17. The van der Waals surface area contributed by atoms with Gasteiger partial charge in [0.2, 0.25) is 0 Å². The van der Waals surface area contributed by atoms with Gasteiger partial charge in [0, 0.05) is 78.1 Å². The van der Waals surface area contributed by atoms with E-state index in [1.165, 1.54) is 54.9 Å². The van der Waals surface area contributed by atoms with Gasteiger partial charge < -0.3 is 9.13 Å². The van der Waals surface area contributed by atoms with E-state index in [4.69, 9.17) is 29.9 Å². The third kappa shape index (κ3) is 8.61. The minimum Gasteiger partial charge on any atom is -0.309 e. The normalized spacial score (nSPS) is 13.7. The molecule has 0 fully saturated rings. The van der Waals surface area contributed by atoms with E-state index in [2.05, 4.69) is 288 Å². The van der Waals surface area contributed by atoms with Crippen molar-refractivity contribution in [1.29, 1.82) is 0 Å². The van der Waals surface area contributed by atoms with Gasteiger partial charge in [0.25, 0.3) is 0 Å². The molecule has 13 aromatic carbocycles. The second-order valence-corrected chi connectivity index (χ2v) is 24.5. The minimum atomic E-state index is -0.0370. The Labute approximate surface area is 542 Å². The zero-order chi connectivity index (χ0) is 61.8. The summed E-state index contributed by atoms with van der Waals surface area (Å²) in [6.45, 7) is 0. The summed E-state index contributed by atoms with van der Waals surface area (Å²) in [5, 5.41) is 4.80. The minimum absolute atomic E-state index is 0.0370. The number of fused-ring (bicyclic) bond motifs is 6. The molecule has 2 atom stereocenters. The van der Waals surface area contributed by atoms with Gasteiger partial charge in [0.1, 0.15) is 0 Å². The van der Waals surface area contributed by atoms with Crippen LogP contribution >= 0.6 is 0 Å². The maximum absolute atomic E-state index is 5.40. The molecular weight excluding hydrogens is 1150 g/mol. The highest BCUT2D eigenvalue weighted by Crippen LogP contribution is 2.57. The van der Waals surface area contributed by atoms with E-state index in [1.54, 1.807) is 0 Å². The van der Waals surface area contributed by atoms with Crippen LogP contribution in [0.5, 0.6) is 0 Å². The Morgan fingerprint density at radius 2 is 0.500 bits per heavy atom. The van der Waals surface area contributed by atoms with Gasteiger partial charge in [-0.2, -0.15) is 0 Å². The zero-order valence-corrected chi connectivity index (χ0v) is 50.8. The van der Waals surface area contributed by atoms with Crippen molar-refractivity contribution >= 4 is 43.6 Å². The Morgan fingerprint density at radius 1 is 0.202 bits per heavy atom. The largest absolute Gasteiger partial charge is 0.309 e. The summed E-state index contributed by atoms with van der Waals surface area (Å²) < 4.78 is 4.73. The summed E-state index contributed by atoms with van der Waals surface area (Å²) in [6, 6.07) is 112. The van der Waals surface area contributed by atoms with E-state index in [-0.39, 0.29) is 11.8 Å². The fourth-order valence-corrected chi connectivity index (χ4v) is 15.1. The van der Waals surface area contributed by atoms with Crippen LogP contribution in [-0.4, -0.2) is 39.0 Å². The monoisotopic (exact) mass is 1200 g/mol. The molecule has 0 spiro atoms. The lowest BCUT2D eigenvalue weighted by Gasteiger charge is -2.42. The first-order valence-electron chi connectivity index (χ1n) is 32.0. The molecule has 4 heterocycles. The molecular formula is C86H54N8.